The number of aryl methyl sites for hydroxylation is 1. The maximum Gasteiger partial charge on any atom is 0.264 e. The van der Waals surface area contributed by atoms with Crippen molar-refractivity contribution < 1.29 is 14.3 Å². The Hall–Kier alpha value is -1.44. The van der Waals surface area contributed by atoms with Crippen LogP contribution in [0.4, 0.5) is 5.00 Å². The molecule has 150 valence electrons. The molecule has 7 heteroatoms. The summed E-state index contributed by atoms with van der Waals surface area (Å²) in [5, 5.41) is 3.68. The van der Waals surface area contributed by atoms with Crippen LogP contribution in [0, 0.1) is 12.3 Å². The summed E-state index contributed by atoms with van der Waals surface area (Å²) in [6, 6.07) is 1.90. The summed E-state index contributed by atoms with van der Waals surface area (Å²) in [4.78, 5) is 30.2. The molecule has 0 aromatic carbocycles. The Kier molecular flexibility index (Phi) is 6.23. The van der Waals surface area contributed by atoms with Crippen molar-refractivity contribution >= 4 is 28.2 Å². The van der Waals surface area contributed by atoms with E-state index in [2.05, 4.69) is 10.2 Å². The maximum absolute atomic E-state index is 12.9. The Bertz CT molecular complexity index is 681. The Morgan fingerprint density at radius 3 is 2.56 bits per heavy atom. The molecule has 0 aliphatic carbocycles. The zero-order valence-electron chi connectivity index (χ0n) is 16.8. The average molecular weight is 394 g/mol. The first kappa shape index (κ1) is 20.3. The van der Waals surface area contributed by atoms with Gasteiger partial charge < -0.3 is 15.0 Å². The van der Waals surface area contributed by atoms with Crippen LogP contribution in [0.2, 0.25) is 0 Å². The highest BCUT2D eigenvalue weighted by Crippen LogP contribution is 2.29. The van der Waals surface area contributed by atoms with Gasteiger partial charge in [-0.15, -0.1) is 11.3 Å². The highest BCUT2D eigenvalue weighted by Gasteiger charge is 2.28. The molecule has 3 rings (SSSR count). The van der Waals surface area contributed by atoms with Crippen LogP contribution in [-0.4, -0.2) is 67.0 Å². The number of thiophene rings is 1. The van der Waals surface area contributed by atoms with Gasteiger partial charge in [0.1, 0.15) is 0 Å². The lowest BCUT2D eigenvalue weighted by atomic mass is 9.96. The summed E-state index contributed by atoms with van der Waals surface area (Å²) in [5.74, 6) is 0.0380. The van der Waals surface area contributed by atoms with Crippen molar-refractivity contribution in [2.45, 2.75) is 46.6 Å². The van der Waals surface area contributed by atoms with Gasteiger partial charge in [-0.1, -0.05) is 20.8 Å². The van der Waals surface area contributed by atoms with Crippen molar-refractivity contribution in [3.05, 3.63) is 16.5 Å². The molecular formula is C20H31N3O3S. The van der Waals surface area contributed by atoms with E-state index < -0.39 is 5.41 Å². The molecule has 1 aromatic heterocycles. The van der Waals surface area contributed by atoms with E-state index in [4.69, 9.17) is 4.74 Å². The number of hydrogen-bond donors (Lipinski definition) is 1. The molecule has 0 spiro atoms. The number of nitrogens with zero attached hydrogens (tertiary/aromatic N) is 2. The Labute approximate surface area is 165 Å². The smallest absolute Gasteiger partial charge is 0.264 e. The topological polar surface area (TPSA) is 61.9 Å². The minimum Gasteiger partial charge on any atom is -0.377 e. The van der Waals surface area contributed by atoms with Gasteiger partial charge in [0.25, 0.3) is 5.91 Å². The molecule has 2 aliphatic rings. The molecular weight excluding hydrogens is 362 g/mol. The predicted molar refractivity (Wildman–Crippen MR) is 108 cm³/mol. The average Bonchev–Trinajstić information content (AvgIpc) is 3.24. The molecule has 0 saturated carbocycles. The molecule has 1 unspecified atom stereocenters. The van der Waals surface area contributed by atoms with E-state index in [0.29, 0.717) is 6.10 Å². The highest BCUT2D eigenvalue weighted by molar-refractivity contribution is 7.18. The van der Waals surface area contributed by atoms with Crippen LogP contribution < -0.4 is 5.32 Å². The molecule has 1 atom stereocenters. The zero-order chi connectivity index (χ0) is 19.6. The summed E-state index contributed by atoms with van der Waals surface area (Å²) in [7, 11) is 0. The van der Waals surface area contributed by atoms with Crippen LogP contribution in [0.3, 0.4) is 0 Å². The van der Waals surface area contributed by atoms with Crippen LogP contribution in [0.15, 0.2) is 6.07 Å². The van der Waals surface area contributed by atoms with Crippen LogP contribution in [0.5, 0.6) is 0 Å². The third-order valence-corrected chi connectivity index (χ3v) is 6.32. The molecule has 0 bridgehead atoms. The highest BCUT2D eigenvalue weighted by atomic mass is 32.1. The summed E-state index contributed by atoms with van der Waals surface area (Å²) in [6.45, 7) is 12.7. The number of carbonyl (C=O) groups is 2. The second-order valence-corrected chi connectivity index (χ2v) is 9.61. The maximum atomic E-state index is 12.9. The van der Waals surface area contributed by atoms with E-state index in [-0.39, 0.29) is 11.8 Å². The minimum absolute atomic E-state index is 0.0366. The molecule has 2 fully saturated rings. The van der Waals surface area contributed by atoms with E-state index >= 15 is 0 Å². The van der Waals surface area contributed by atoms with E-state index in [0.717, 1.165) is 67.6 Å². The lowest BCUT2D eigenvalue weighted by Gasteiger charge is -2.35. The van der Waals surface area contributed by atoms with Gasteiger partial charge in [-0.2, -0.15) is 0 Å². The van der Waals surface area contributed by atoms with Crippen LogP contribution >= 0.6 is 11.3 Å². The minimum atomic E-state index is -0.457. The van der Waals surface area contributed by atoms with Gasteiger partial charge in [-0.05, 0) is 31.4 Å². The molecule has 2 saturated heterocycles. The molecule has 3 heterocycles. The van der Waals surface area contributed by atoms with Crippen molar-refractivity contribution in [1.29, 1.82) is 0 Å². The van der Waals surface area contributed by atoms with E-state index in [1.165, 1.54) is 11.3 Å². The fourth-order valence-corrected chi connectivity index (χ4v) is 4.44. The summed E-state index contributed by atoms with van der Waals surface area (Å²) in [6.07, 6.45) is 2.67. The van der Waals surface area contributed by atoms with Crippen molar-refractivity contribution in [3.8, 4) is 0 Å². The summed E-state index contributed by atoms with van der Waals surface area (Å²) in [5.41, 5.74) is 0.470. The van der Waals surface area contributed by atoms with Gasteiger partial charge in [0.05, 0.1) is 16.0 Å². The SMILES string of the molecule is Cc1cc(NC(=O)C(C)(C)C)sc1C(=O)N1CCN(CC2CCCO2)CC1. The van der Waals surface area contributed by atoms with Gasteiger partial charge in [0, 0.05) is 44.7 Å². The van der Waals surface area contributed by atoms with Gasteiger partial charge in [0.15, 0.2) is 0 Å². The quantitative estimate of drug-likeness (QED) is 0.854. The lowest BCUT2D eigenvalue weighted by molar-refractivity contribution is -0.123. The molecule has 0 radical (unpaired) electrons. The third-order valence-electron chi connectivity index (χ3n) is 5.18. The van der Waals surface area contributed by atoms with Gasteiger partial charge >= 0.3 is 0 Å². The number of piperazine rings is 1. The predicted octanol–water partition coefficient (Wildman–Crippen LogP) is 2.98. The van der Waals surface area contributed by atoms with Crippen molar-refractivity contribution in [3.63, 3.8) is 0 Å². The van der Waals surface area contributed by atoms with Crippen molar-refractivity contribution in [2.75, 3.05) is 44.6 Å². The van der Waals surface area contributed by atoms with Gasteiger partial charge in [-0.25, -0.2) is 0 Å². The first-order valence-electron chi connectivity index (χ1n) is 9.79. The molecule has 27 heavy (non-hydrogen) atoms. The number of anilines is 1. The molecule has 2 amide bonds. The number of nitrogens with one attached hydrogen (secondary N) is 1. The molecule has 1 N–H and O–H groups in total. The summed E-state index contributed by atoms with van der Waals surface area (Å²) >= 11 is 1.38. The standard InChI is InChI=1S/C20H31N3O3S/c1-14-12-16(21-19(25)20(2,3)4)27-17(14)18(24)23-9-7-22(8-10-23)13-15-6-5-11-26-15/h12,15H,5-11,13H2,1-4H3,(H,21,25). The van der Waals surface area contributed by atoms with E-state index in [9.17, 15) is 9.59 Å². The first-order valence-corrected chi connectivity index (χ1v) is 10.6. The second-order valence-electron chi connectivity index (χ2n) is 8.55. The Morgan fingerprint density at radius 1 is 1.26 bits per heavy atom. The Balaban J connectivity index is 1.56. The molecule has 1 aromatic rings. The fraction of sp³-hybridized carbons (Fsp3) is 0.700. The van der Waals surface area contributed by atoms with E-state index in [1.54, 1.807) is 0 Å². The van der Waals surface area contributed by atoms with Crippen LogP contribution in [0.1, 0.15) is 48.8 Å². The normalized spacial score (nSPS) is 21.5. The lowest BCUT2D eigenvalue weighted by Crippen LogP contribution is -2.50. The number of carbonyl (C=O) groups excluding carboxylic acids is 2. The number of hydrogen-bond acceptors (Lipinski definition) is 5. The third kappa shape index (κ3) is 5.09. The monoisotopic (exact) mass is 393 g/mol. The molecule has 2 aliphatic heterocycles. The number of ether oxygens (including phenoxy) is 1. The number of rotatable bonds is 4. The van der Waals surface area contributed by atoms with Gasteiger partial charge in [-0.3, -0.25) is 14.5 Å². The summed E-state index contributed by atoms with van der Waals surface area (Å²) < 4.78 is 5.72. The van der Waals surface area contributed by atoms with Crippen LogP contribution in [-0.2, 0) is 9.53 Å². The Morgan fingerprint density at radius 2 is 1.96 bits per heavy atom. The van der Waals surface area contributed by atoms with E-state index in [1.807, 2.05) is 38.7 Å². The zero-order valence-corrected chi connectivity index (χ0v) is 17.7. The fourth-order valence-electron chi connectivity index (χ4n) is 3.41. The first-order chi connectivity index (χ1) is 12.7. The second kappa shape index (κ2) is 8.29. The number of amides is 2. The van der Waals surface area contributed by atoms with Crippen molar-refractivity contribution in [1.82, 2.24) is 9.80 Å². The van der Waals surface area contributed by atoms with Gasteiger partial charge in [0.2, 0.25) is 5.91 Å². The van der Waals surface area contributed by atoms with Crippen LogP contribution in [0.25, 0.3) is 0 Å². The largest absolute Gasteiger partial charge is 0.377 e. The molecule has 6 nitrogen and oxygen atoms in total. The van der Waals surface area contributed by atoms with Crippen molar-refractivity contribution in [2.24, 2.45) is 5.41 Å².